The van der Waals surface area contributed by atoms with Gasteiger partial charge in [0.2, 0.25) is 0 Å². The molecule has 0 aromatic heterocycles. The van der Waals surface area contributed by atoms with E-state index in [2.05, 4.69) is 49.1 Å². The Balaban J connectivity index is 2.68. The molecule has 1 saturated carbocycles. The molecular formula is C14H25N5. The van der Waals surface area contributed by atoms with E-state index in [0.29, 0.717) is 6.54 Å². The van der Waals surface area contributed by atoms with Gasteiger partial charge in [0.05, 0.1) is 6.07 Å². The van der Waals surface area contributed by atoms with E-state index in [1.807, 2.05) is 0 Å². The van der Waals surface area contributed by atoms with E-state index in [-0.39, 0.29) is 10.8 Å². The number of hydrogen-bond acceptors (Lipinski definition) is 3. The Morgan fingerprint density at radius 2 is 1.79 bits per heavy atom. The molecule has 0 heterocycles. The van der Waals surface area contributed by atoms with Crippen molar-refractivity contribution in [2.24, 2.45) is 15.9 Å². The summed E-state index contributed by atoms with van der Waals surface area (Å²) in [6, 6.07) is 2.51. The second kappa shape index (κ2) is 5.81. The number of hydrogen-bond donors (Lipinski definition) is 1. The maximum atomic E-state index is 9.61. The second-order valence-electron chi connectivity index (χ2n) is 7.29. The zero-order valence-electron chi connectivity index (χ0n) is 12.5. The molecule has 0 unspecified atom stereocenters. The lowest BCUT2D eigenvalue weighted by molar-refractivity contribution is 0.0554. The van der Waals surface area contributed by atoms with E-state index in [0.717, 1.165) is 32.2 Å². The molecule has 1 N–H and O–H groups in total. The summed E-state index contributed by atoms with van der Waals surface area (Å²) in [5, 5.41) is 16.5. The summed E-state index contributed by atoms with van der Waals surface area (Å²) >= 11 is 0. The first-order valence-corrected chi connectivity index (χ1v) is 6.91. The highest BCUT2D eigenvalue weighted by atomic mass is 15.1. The molecule has 0 aliphatic heterocycles. The average molecular weight is 263 g/mol. The third-order valence-corrected chi connectivity index (χ3v) is 3.69. The van der Waals surface area contributed by atoms with Gasteiger partial charge < -0.3 is 0 Å². The van der Waals surface area contributed by atoms with Gasteiger partial charge in [0, 0.05) is 11.5 Å². The monoisotopic (exact) mass is 263 g/mol. The SMILES string of the molecule is CC1(C)CC(C)(C)CC(C#N)(NCCCN=[N+]=[N-])C1. The zero-order valence-corrected chi connectivity index (χ0v) is 12.5. The van der Waals surface area contributed by atoms with Crippen LogP contribution in [0.15, 0.2) is 5.11 Å². The van der Waals surface area contributed by atoms with Crippen LogP contribution in [0.2, 0.25) is 0 Å². The van der Waals surface area contributed by atoms with E-state index in [4.69, 9.17) is 5.53 Å². The van der Waals surface area contributed by atoms with Crippen LogP contribution in [0.5, 0.6) is 0 Å². The number of nitrogens with zero attached hydrogens (tertiary/aromatic N) is 4. The van der Waals surface area contributed by atoms with Crippen molar-refractivity contribution in [3.63, 3.8) is 0 Å². The third-order valence-electron chi connectivity index (χ3n) is 3.69. The minimum absolute atomic E-state index is 0.176. The summed E-state index contributed by atoms with van der Waals surface area (Å²) in [7, 11) is 0. The number of rotatable bonds is 5. The molecule has 0 aromatic rings. The topological polar surface area (TPSA) is 84.6 Å². The molecule has 0 spiro atoms. The molecule has 0 atom stereocenters. The van der Waals surface area contributed by atoms with Gasteiger partial charge in [-0.15, -0.1) is 0 Å². The smallest absolute Gasteiger partial charge is 0.107 e. The first-order chi connectivity index (χ1) is 8.74. The molecule has 0 saturated heterocycles. The fraction of sp³-hybridized carbons (Fsp3) is 0.929. The van der Waals surface area contributed by atoms with E-state index >= 15 is 0 Å². The molecule has 1 aliphatic carbocycles. The standard InChI is InChI=1S/C14H25N5/c1-12(2)8-13(3,4)10-14(9-12,11-15)17-6-5-7-18-19-16/h17H,5-10H2,1-4H3. The molecule has 0 bridgehead atoms. The van der Waals surface area contributed by atoms with Gasteiger partial charge in [-0.25, -0.2) is 0 Å². The minimum atomic E-state index is -0.443. The van der Waals surface area contributed by atoms with Crippen molar-refractivity contribution in [1.29, 1.82) is 5.26 Å². The van der Waals surface area contributed by atoms with Crippen LogP contribution in [0.1, 0.15) is 53.4 Å². The molecule has 5 nitrogen and oxygen atoms in total. The van der Waals surface area contributed by atoms with Crippen LogP contribution < -0.4 is 5.32 Å². The Bertz CT molecular complexity index is 383. The summed E-state index contributed by atoms with van der Waals surface area (Å²) in [4.78, 5) is 2.74. The lowest BCUT2D eigenvalue weighted by Crippen LogP contribution is -2.54. The minimum Gasteiger partial charge on any atom is -0.299 e. The first-order valence-electron chi connectivity index (χ1n) is 6.91. The summed E-state index contributed by atoms with van der Waals surface area (Å²) < 4.78 is 0. The largest absolute Gasteiger partial charge is 0.299 e. The highest BCUT2D eigenvalue weighted by Gasteiger charge is 2.47. The first kappa shape index (κ1) is 15.8. The molecule has 0 aromatic carbocycles. The van der Waals surface area contributed by atoms with Gasteiger partial charge in [0.1, 0.15) is 5.54 Å². The van der Waals surface area contributed by atoms with Crippen LogP contribution >= 0.6 is 0 Å². The molecule has 1 aliphatic rings. The summed E-state index contributed by atoms with van der Waals surface area (Å²) in [6.45, 7) is 10.2. The van der Waals surface area contributed by atoms with E-state index in [9.17, 15) is 5.26 Å². The molecule has 5 heteroatoms. The van der Waals surface area contributed by atoms with Gasteiger partial charge in [-0.05, 0) is 48.6 Å². The van der Waals surface area contributed by atoms with Crippen LogP contribution in [0, 0.1) is 22.2 Å². The summed E-state index contributed by atoms with van der Waals surface area (Å²) in [5.74, 6) is 0. The molecular weight excluding hydrogens is 238 g/mol. The molecule has 106 valence electrons. The fourth-order valence-electron chi connectivity index (χ4n) is 3.88. The Morgan fingerprint density at radius 1 is 1.21 bits per heavy atom. The predicted octanol–water partition coefficient (Wildman–Crippen LogP) is 3.78. The Labute approximate surface area is 116 Å². The van der Waals surface area contributed by atoms with Gasteiger partial charge in [-0.2, -0.15) is 5.26 Å². The van der Waals surface area contributed by atoms with Crippen LogP contribution in [-0.4, -0.2) is 18.6 Å². The number of nitriles is 1. The van der Waals surface area contributed by atoms with Crippen molar-refractivity contribution in [2.75, 3.05) is 13.1 Å². The fourth-order valence-corrected chi connectivity index (χ4v) is 3.88. The Kier molecular flexibility index (Phi) is 4.84. The predicted molar refractivity (Wildman–Crippen MR) is 76.4 cm³/mol. The van der Waals surface area contributed by atoms with Crippen molar-refractivity contribution in [3.8, 4) is 6.07 Å². The van der Waals surface area contributed by atoms with Gasteiger partial charge in [-0.1, -0.05) is 32.8 Å². The highest BCUT2D eigenvalue weighted by Crippen LogP contribution is 2.49. The van der Waals surface area contributed by atoms with Crippen LogP contribution in [0.25, 0.3) is 10.4 Å². The van der Waals surface area contributed by atoms with Gasteiger partial charge >= 0.3 is 0 Å². The van der Waals surface area contributed by atoms with Gasteiger partial charge in [0.25, 0.3) is 0 Å². The maximum Gasteiger partial charge on any atom is 0.107 e. The molecule has 19 heavy (non-hydrogen) atoms. The molecule has 0 radical (unpaired) electrons. The number of azide groups is 1. The van der Waals surface area contributed by atoms with E-state index in [1.54, 1.807) is 0 Å². The Morgan fingerprint density at radius 3 is 2.26 bits per heavy atom. The van der Waals surface area contributed by atoms with Crippen molar-refractivity contribution in [1.82, 2.24) is 5.32 Å². The molecule has 1 rings (SSSR count). The van der Waals surface area contributed by atoms with Crippen molar-refractivity contribution in [2.45, 2.75) is 58.9 Å². The highest BCUT2D eigenvalue weighted by molar-refractivity contribution is 5.14. The van der Waals surface area contributed by atoms with Crippen molar-refractivity contribution in [3.05, 3.63) is 10.4 Å². The van der Waals surface area contributed by atoms with Crippen molar-refractivity contribution >= 4 is 0 Å². The van der Waals surface area contributed by atoms with Crippen LogP contribution in [0.4, 0.5) is 0 Å². The van der Waals surface area contributed by atoms with E-state index < -0.39 is 5.54 Å². The van der Waals surface area contributed by atoms with Crippen LogP contribution in [0.3, 0.4) is 0 Å². The van der Waals surface area contributed by atoms with Crippen molar-refractivity contribution < 1.29 is 0 Å². The quantitative estimate of drug-likeness (QED) is 0.354. The zero-order chi connectivity index (χ0) is 14.6. The summed E-state index contributed by atoms with van der Waals surface area (Å²) in [5.41, 5.74) is 8.14. The van der Waals surface area contributed by atoms with Gasteiger partial charge in [-0.3, -0.25) is 5.32 Å². The molecule has 0 amide bonds. The molecule has 1 fully saturated rings. The van der Waals surface area contributed by atoms with Gasteiger partial charge in [0.15, 0.2) is 0 Å². The second-order valence-corrected chi connectivity index (χ2v) is 7.29. The third kappa shape index (κ3) is 4.74. The normalized spacial score (nSPS) is 23.1. The lowest BCUT2D eigenvalue weighted by Gasteiger charge is -2.49. The summed E-state index contributed by atoms with van der Waals surface area (Å²) in [6.07, 6.45) is 3.67. The van der Waals surface area contributed by atoms with E-state index in [1.165, 1.54) is 0 Å². The lowest BCUT2D eigenvalue weighted by atomic mass is 9.59. The number of nitrogens with one attached hydrogen (secondary N) is 1. The maximum absolute atomic E-state index is 9.61. The van der Waals surface area contributed by atoms with Crippen LogP contribution in [-0.2, 0) is 0 Å². The Hall–Kier alpha value is -1.24. The average Bonchev–Trinajstić information content (AvgIpc) is 2.24.